The molecule has 0 aliphatic carbocycles. The number of carbonyl (C=O) groups excluding carboxylic acids is 2. The van der Waals surface area contributed by atoms with Gasteiger partial charge in [-0.15, -0.1) is 10.2 Å². The van der Waals surface area contributed by atoms with Gasteiger partial charge in [-0.2, -0.15) is 0 Å². The van der Waals surface area contributed by atoms with Crippen LogP contribution in [0.25, 0.3) is 10.9 Å². The molecule has 0 saturated heterocycles. The quantitative estimate of drug-likeness (QED) is 0.298. The van der Waals surface area contributed by atoms with Crippen LogP contribution in [0.15, 0.2) is 58.8 Å². The van der Waals surface area contributed by atoms with Crippen LogP contribution in [0.1, 0.15) is 55.9 Å². The Morgan fingerprint density at radius 2 is 1.84 bits per heavy atom. The Hall–Kier alpha value is -3.19. The topological polar surface area (TPSA) is 96.0 Å². The molecule has 1 heterocycles. The van der Waals surface area contributed by atoms with E-state index in [0.29, 0.717) is 28.9 Å². The molecule has 0 bridgehead atoms. The lowest BCUT2D eigenvalue weighted by Crippen LogP contribution is -2.24. The third-order valence-corrected chi connectivity index (χ3v) is 5.32. The summed E-state index contributed by atoms with van der Waals surface area (Å²) in [5.41, 5.74) is 1.65. The second kappa shape index (κ2) is 10.9. The fourth-order valence-electron chi connectivity index (χ4n) is 3.51. The summed E-state index contributed by atoms with van der Waals surface area (Å²) in [4.78, 5) is 24.1. The summed E-state index contributed by atoms with van der Waals surface area (Å²) in [6.07, 6.45) is 2.44. The molecule has 168 valence electrons. The number of halogens is 1. The first-order chi connectivity index (χ1) is 15.4. The smallest absolute Gasteiger partial charge is 0.264 e. The zero-order valence-corrected chi connectivity index (χ0v) is 19.0. The zero-order valence-electron chi connectivity index (χ0n) is 18.2. The first-order valence-corrected chi connectivity index (χ1v) is 11.1. The van der Waals surface area contributed by atoms with Crippen LogP contribution in [0.5, 0.6) is 5.88 Å². The number of unbranched alkanes of at least 4 members (excludes halogenated alkanes) is 2. The standard InChI is InChI=1S/C24H27ClN4O3/c1-16(2)29-20-13-12-18(25)15-19(20)22(24(29)32)28-27-21(30)11-7-4-8-14-26-23(31)17-9-5-3-6-10-17/h3,5-6,9-10,12-13,15-16,32H,4,7-8,11,14H2,1-2H3,(H,26,31). The molecule has 1 aromatic heterocycles. The van der Waals surface area contributed by atoms with Crippen molar-refractivity contribution in [1.82, 2.24) is 9.88 Å². The van der Waals surface area contributed by atoms with Gasteiger partial charge in [0.2, 0.25) is 5.88 Å². The van der Waals surface area contributed by atoms with E-state index >= 15 is 0 Å². The van der Waals surface area contributed by atoms with E-state index in [1.807, 2.05) is 38.1 Å². The van der Waals surface area contributed by atoms with Crippen LogP contribution in [0.2, 0.25) is 5.02 Å². The number of nitrogens with one attached hydrogen (secondary N) is 1. The second-order valence-corrected chi connectivity index (χ2v) is 8.26. The van der Waals surface area contributed by atoms with Crippen molar-refractivity contribution in [3.05, 3.63) is 59.1 Å². The zero-order chi connectivity index (χ0) is 23.1. The van der Waals surface area contributed by atoms with E-state index in [1.165, 1.54) is 0 Å². The highest BCUT2D eigenvalue weighted by Gasteiger charge is 2.19. The van der Waals surface area contributed by atoms with Gasteiger partial charge in [-0.25, -0.2) is 0 Å². The van der Waals surface area contributed by atoms with E-state index in [1.54, 1.807) is 28.8 Å². The minimum atomic E-state index is -0.356. The number of azo groups is 1. The molecule has 2 N–H and O–H groups in total. The number of aromatic hydroxyl groups is 1. The van der Waals surface area contributed by atoms with E-state index in [0.717, 1.165) is 18.4 Å². The van der Waals surface area contributed by atoms with Gasteiger partial charge < -0.3 is 15.0 Å². The fourth-order valence-corrected chi connectivity index (χ4v) is 3.68. The van der Waals surface area contributed by atoms with Gasteiger partial charge in [-0.05, 0) is 57.0 Å². The Bertz CT molecular complexity index is 1120. The van der Waals surface area contributed by atoms with Crippen LogP contribution >= 0.6 is 11.6 Å². The molecule has 2 amide bonds. The van der Waals surface area contributed by atoms with Gasteiger partial charge in [0, 0.05) is 35.0 Å². The summed E-state index contributed by atoms with van der Waals surface area (Å²) in [6, 6.07) is 14.3. The number of fused-ring (bicyclic) bond motifs is 1. The van der Waals surface area contributed by atoms with Crippen molar-refractivity contribution in [1.29, 1.82) is 0 Å². The van der Waals surface area contributed by atoms with Crippen LogP contribution in [0.4, 0.5) is 5.69 Å². The van der Waals surface area contributed by atoms with Crippen molar-refractivity contribution in [3.63, 3.8) is 0 Å². The SMILES string of the molecule is CC(C)n1c(O)c(N=NC(=O)CCCCCNC(=O)c2ccccc2)c2cc(Cl)ccc21. The Balaban J connectivity index is 1.50. The predicted molar refractivity (Wildman–Crippen MR) is 126 cm³/mol. The maximum atomic E-state index is 12.2. The van der Waals surface area contributed by atoms with Crippen LogP contribution < -0.4 is 5.32 Å². The number of carbonyl (C=O) groups is 2. The van der Waals surface area contributed by atoms with Crippen molar-refractivity contribution >= 4 is 40.0 Å². The summed E-state index contributed by atoms with van der Waals surface area (Å²) >= 11 is 6.10. The van der Waals surface area contributed by atoms with Crippen LogP contribution in [0.3, 0.4) is 0 Å². The van der Waals surface area contributed by atoms with Crippen molar-refractivity contribution in [2.45, 2.75) is 45.6 Å². The highest BCUT2D eigenvalue weighted by molar-refractivity contribution is 6.31. The van der Waals surface area contributed by atoms with E-state index in [4.69, 9.17) is 11.6 Å². The Labute approximate surface area is 192 Å². The lowest BCUT2D eigenvalue weighted by atomic mass is 10.2. The van der Waals surface area contributed by atoms with Gasteiger partial charge in [0.25, 0.3) is 11.8 Å². The summed E-state index contributed by atoms with van der Waals surface area (Å²) < 4.78 is 1.73. The molecule has 0 aliphatic heterocycles. The molecule has 32 heavy (non-hydrogen) atoms. The molecule has 0 spiro atoms. The van der Waals surface area contributed by atoms with Crippen LogP contribution in [-0.4, -0.2) is 28.0 Å². The van der Waals surface area contributed by atoms with Gasteiger partial charge in [0.15, 0.2) is 5.69 Å². The molecule has 3 aromatic rings. The summed E-state index contributed by atoms with van der Waals surface area (Å²) in [7, 11) is 0. The number of hydrogen-bond acceptors (Lipinski definition) is 4. The second-order valence-electron chi connectivity index (χ2n) is 7.82. The Morgan fingerprint density at radius 3 is 2.56 bits per heavy atom. The number of rotatable bonds is 9. The summed E-state index contributed by atoms with van der Waals surface area (Å²) in [5.74, 6) is -0.496. The van der Waals surface area contributed by atoms with Gasteiger partial charge in [-0.1, -0.05) is 36.2 Å². The Kier molecular flexibility index (Phi) is 8.00. The molecule has 0 atom stereocenters. The van der Waals surface area contributed by atoms with E-state index in [-0.39, 0.29) is 35.8 Å². The molecule has 3 rings (SSSR count). The highest BCUT2D eigenvalue weighted by Crippen LogP contribution is 2.41. The summed E-state index contributed by atoms with van der Waals surface area (Å²) in [5, 5.41) is 22.5. The lowest BCUT2D eigenvalue weighted by molar-refractivity contribution is -0.118. The van der Waals surface area contributed by atoms with Gasteiger partial charge in [0.1, 0.15) is 0 Å². The molecule has 7 nitrogen and oxygen atoms in total. The number of aromatic nitrogens is 1. The maximum Gasteiger partial charge on any atom is 0.264 e. The number of amides is 2. The van der Waals surface area contributed by atoms with Crippen molar-refractivity contribution in [2.75, 3.05) is 6.54 Å². The predicted octanol–water partition coefficient (Wildman–Crippen LogP) is 6.18. The maximum absolute atomic E-state index is 12.2. The minimum Gasteiger partial charge on any atom is -0.493 e. The number of nitrogens with zero attached hydrogens (tertiary/aromatic N) is 3. The third kappa shape index (κ3) is 5.73. The van der Waals surface area contributed by atoms with Gasteiger partial charge >= 0.3 is 0 Å². The first kappa shape index (κ1) is 23.5. The molecule has 0 aliphatic rings. The molecule has 2 aromatic carbocycles. The molecule has 8 heteroatoms. The minimum absolute atomic E-state index is 0.000656. The molecule has 0 saturated carbocycles. The molecule has 0 fully saturated rings. The van der Waals surface area contributed by atoms with Crippen LogP contribution in [-0.2, 0) is 4.79 Å². The summed E-state index contributed by atoms with van der Waals surface area (Å²) in [6.45, 7) is 4.44. The van der Waals surface area contributed by atoms with Crippen molar-refractivity contribution in [3.8, 4) is 5.88 Å². The number of hydrogen-bond donors (Lipinski definition) is 2. The largest absolute Gasteiger partial charge is 0.493 e. The van der Waals surface area contributed by atoms with Crippen LogP contribution in [0, 0.1) is 0 Å². The normalized spacial score (nSPS) is 11.5. The molecular weight excluding hydrogens is 428 g/mol. The average Bonchev–Trinajstić information content (AvgIpc) is 3.05. The van der Waals surface area contributed by atoms with Crippen molar-refractivity contribution in [2.24, 2.45) is 10.2 Å². The molecule has 0 unspecified atom stereocenters. The van der Waals surface area contributed by atoms with Crippen molar-refractivity contribution < 1.29 is 14.7 Å². The fraction of sp³-hybridized carbons (Fsp3) is 0.333. The van der Waals surface area contributed by atoms with E-state index in [9.17, 15) is 14.7 Å². The highest BCUT2D eigenvalue weighted by atomic mass is 35.5. The Morgan fingerprint density at radius 1 is 1.09 bits per heavy atom. The molecular formula is C24H27ClN4O3. The monoisotopic (exact) mass is 454 g/mol. The third-order valence-electron chi connectivity index (χ3n) is 5.08. The lowest BCUT2D eigenvalue weighted by Gasteiger charge is -2.10. The number of benzene rings is 2. The van der Waals surface area contributed by atoms with E-state index in [2.05, 4.69) is 15.5 Å². The molecule has 0 radical (unpaired) electrons. The first-order valence-electron chi connectivity index (χ1n) is 10.7. The van der Waals surface area contributed by atoms with Gasteiger partial charge in [-0.3, -0.25) is 9.59 Å². The van der Waals surface area contributed by atoms with Gasteiger partial charge in [0.05, 0.1) is 5.52 Å². The average molecular weight is 455 g/mol. The van der Waals surface area contributed by atoms with E-state index < -0.39 is 0 Å².